The SMILES string of the molecule is Cc1ccc(Br)cc1-c1ccc(NCCCO)nn1. The largest absolute Gasteiger partial charge is 0.396 e. The molecule has 0 aliphatic carbocycles. The van der Waals surface area contributed by atoms with Gasteiger partial charge < -0.3 is 10.4 Å². The second kappa shape index (κ2) is 6.63. The summed E-state index contributed by atoms with van der Waals surface area (Å²) in [6, 6.07) is 9.95. The molecule has 1 heterocycles. The lowest BCUT2D eigenvalue weighted by atomic mass is 10.1. The van der Waals surface area contributed by atoms with E-state index in [1.54, 1.807) is 0 Å². The van der Waals surface area contributed by atoms with Gasteiger partial charge in [0, 0.05) is 23.2 Å². The smallest absolute Gasteiger partial charge is 0.148 e. The summed E-state index contributed by atoms with van der Waals surface area (Å²) in [5.41, 5.74) is 3.09. The highest BCUT2D eigenvalue weighted by Crippen LogP contribution is 2.25. The first-order chi connectivity index (χ1) is 9.20. The fraction of sp³-hybridized carbons (Fsp3) is 0.286. The number of aliphatic hydroxyl groups is 1. The molecule has 0 aliphatic rings. The number of hydrogen-bond donors (Lipinski definition) is 2. The quantitative estimate of drug-likeness (QED) is 0.831. The van der Waals surface area contributed by atoms with Gasteiger partial charge in [-0.1, -0.05) is 22.0 Å². The molecule has 100 valence electrons. The van der Waals surface area contributed by atoms with Gasteiger partial charge in [0.25, 0.3) is 0 Å². The maximum absolute atomic E-state index is 8.71. The third-order valence-corrected chi connectivity index (χ3v) is 3.27. The van der Waals surface area contributed by atoms with E-state index in [0.29, 0.717) is 13.0 Å². The Kier molecular flexibility index (Phi) is 4.87. The van der Waals surface area contributed by atoms with E-state index >= 15 is 0 Å². The van der Waals surface area contributed by atoms with Crippen molar-refractivity contribution in [1.29, 1.82) is 0 Å². The van der Waals surface area contributed by atoms with E-state index in [1.807, 2.05) is 24.3 Å². The van der Waals surface area contributed by atoms with Crippen LogP contribution < -0.4 is 5.32 Å². The average Bonchev–Trinajstić information content (AvgIpc) is 2.43. The average molecular weight is 322 g/mol. The summed E-state index contributed by atoms with van der Waals surface area (Å²) in [5.74, 6) is 0.727. The molecule has 2 aromatic rings. The van der Waals surface area contributed by atoms with E-state index in [9.17, 15) is 0 Å². The Morgan fingerprint density at radius 1 is 1.21 bits per heavy atom. The molecule has 0 atom stereocenters. The lowest BCUT2D eigenvalue weighted by Gasteiger charge is -2.07. The molecule has 0 saturated heterocycles. The summed E-state index contributed by atoms with van der Waals surface area (Å²) < 4.78 is 1.03. The molecule has 1 aromatic carbocycles. The molecule has 0 aliphatic heterocycles. The van der Waals surface area contributed by atoms with E-state index in [4.69, 9.17) is 5.11 Å². The predicted octanol–water partition coefficient (Wildman–Crippen LogP) is 3.01. The minimum atomic E-state index is 0.176. The van der Waals surface area contributed by atoms with Gasteiger partial charge in [0.15, 0.2) is 0 Å². The number of aliphatic hydroxyl groups excluding tert-OH is 1. The molecule has 0 saturated carbocycles. The minimum absolute atomic E-state index is 0.176. The zero-order valence-corrected chi connectivity index (χ0v) is 12.3. The van der Waals surface area contributed by atoms with Crippen molar-refractivity contribution >= 4 is 21.7 Å². The summed E-state index contributed by atoms with van der Waals surface area (Å²) in [4.78, 5) is 0. The van der Waals surface area contributed by atoms with Crippen LogP contribution in [0, 0.1) is 6.92 Å². The fourth-order valence-electron chi connectivity index (χ4n) is 1.74. The van der Waals surface area contributed by atoms with Crippen LogP contribution in [0.3, 0.4) is 0 Å². The summed E-state index contributed by atoms with van der Waals surface area (Å²) in [6.07, 6.45) is 0.703. The van der Waals surface area contributed by atoms with Crippen molar-refractivity contribution in [3.8, 4) is 11.3 Å². The fourth-order valence-corrected chi connectivity index (χ4v) is 2.10. The molecule has 0 bridgehead atoms. The number of halogens is 1. The summed E-state index contributed by atoms with van der Waals surface area (Å²) in [6.45, 7) is 2.92. The first kappa shape index (κ1) is 14.0. The standard InChI is InChI=1S/C14H16BrN3O/c1-10-3-4-11(15)9-12(10)13-5-6-14(18-17-13)16-7-2-8-19/h3-6,9,19H,2,7-8H2,1H3,(H,16,18). The van der Waals surface area contributed by atoms with Gasteiger partial charge >= 0.3 is 0 Å². The van der Waals surface area contributed by atoms with Crippen LogP contribution in [0.25, 0.3) is 11.3 Å². The summed E-state index contributed by atoms with van der Waals surface area (Å²) >= 11 is 3.47. The molecule has 0 radical (unpaired) electrons. The van der Waals surface area contributed by atoms with Gasteiger partial charge in [0.2, 0.25) is 0 Å². The van der Waals surface area contributed by atoms with Crippen molar-refractivity contribution < 1.29 is 5.11 Å². The Hall–Kier alpha value is -1.46. The van der Waals surface area contributed by atoms with Crippen LogP contribution >= 0.6 is 15.9 Å². The topological polar surface area (TPSA) is 58.0 Å². The molecule has 2 N–H and O–H groups in total. The van der Waals surface area contributed by atoms with Crippen molar-refractivity contribution in [3.05, 3.63) is 40.4 Å². The molecular formula is C14H16BrN3O. The van der Waals surface area contributed by atoms with Crippen LogP contribution in [0.15, 0.2) is 34.8 Å². The van der Waals surface area contributed by atoms with Gasteiger partial charge in [-0.05, 0) is 43.2 Å². The molecule has 4 nitrogen and oxygen atoms in total. The maximum Gasteiger partial charge on any atom is 0.148 e. The lowest BCUT2D eigenvalue weighted by molar-refractivity contribution is 0.292. The van der Waals surface area contributed by atoms with E-state index in [1.165, 1.54) is 5.56 Å². The minimum Gasteiger partial charge on any atom is -0.396 e. The van der Waals surface area contributed by atoms with Crippen molar-refractivity contribution in [2.75, 3.05) is 18.5 Å². The van der Waals surface area contributed by atoms with Crippen LogP contribution in [0.2, 0.25) is 0 Å². The highest BCUT2D eigenvalue weighted by atomic mass is 79.9. The number of anilines is 1. The zero-order chi connectivity index (χ0) is 13.7. The van der Waals surface area contributed by atoms with Gasteiger partial charge in [-0.2, -0.15) is 0 Å². The molecule has 0 amide bonds. The molecular weight excluding hydrogens is 306 g/mol. The van der Waals surface area contributed by atoms with Crippen LogP contribution in [0.4, 0.5) is 5.82 Å². The Balaban J connectivity index is 2.15. The van der Waals surface area contributed by atoms with Crippen LogP contribution in [0.5, 0.6) is 0 Å². The molecule has 1 aromatic heterocycles. The van der Waals surface area contributed by atoms with Crippen molar-refractivity contribution in [1.82, 2.24) is 10.2 Å². The Morgan fingerprint density at radius 3 is 2.74 bits per heavy atom. The summed E-state index contributed by atoms with van der Waals surface area (Å²) in [5, 5.41) is 20.2. The van der Waals surface area contributed by atoms with Crippen LogP contribution in [-0.2, 0) is 0 Å². The van der Waals surface area contributed by atoms with Crippen LogP contribution in [-0.4, -0.2) is 28.5 Å². The molecule has 2 rings (SSSR count). The first-order valence-electron chi connectivity index (χ1n) is 6.15. The van der Waals surface area contributed by atoms with Crippen molar-refractivity contribution in [3.63, 3.8) is 0 Å². The number of benzene rings is 1. The van der Waals surface area contributed by atoms with Gasteiger partial charge in [-0.3, -0.25) is 0 Å². The number of aromatic nitrogens is 2. The van der Waals surface area contributed by atoms with E-state index in [2.05, 4.69) is 44.4 Å². The van der Waals surface area contributed by atoms with Gasteiger partial charge in [0.05, 0.1) is 5.69 Å². The Labute approximate surface area is 121 Å². The number of nitrogens with one attached hydrogen (secondary N) is 1. The number of rotatable bonds is 5. The third kappa shape index (κ3) is 3.75. The second-order valence-corrected chi connectivity index (χ2v) is 5.18. The third-order valence-electron chi connectivity index (χ3n) is 2.78. The lowest BCUT2D eigenvalue weighted by Crippen LogP contribution is -2.05. The number of aryl methyl sites for hydroxylation is 1. The predicted molar refractivity (Wildman–Crippen MR) is 80.1 cm³/mol. The zero-order valence-electron chi connectivity index (χ0n) is 10.7. The normalized spacial score (nSPS) is 10.5. The maximum atomic E-state index is 8.71. The summed E-state index contributed by atoms with van der Waals surface area (Å²) in [7, 11) is 0. The highest BCUT2D eigenvalue weighted by molar-refractivity contribution is 9.10. The van der Waals surface area contributed by atoms with E-state index in [-0.39, 0.29) is 6.61 Å². The van der Waals surface area contributed by atoms with Gasteiger partial charge in [-0.15, -0.1) is 10.2 Å². The van der Waals surface area contributed by atoms with E-state index < -0.39 is 0 Å². The van der Waals surface area contributed by atoms with Crippen molar-refractivity contribution in [2.45, 2.75) is 13.3 Å². The first-order valence-corrected chi connectivity index (χ1v) is 6.95. The molecule has 0 spiro atoms. The van der Waals surface area contributed by atoms with E-state index in [0.717, 1.165) is 21.5 Å². The number of hydrogen-bond acceptors (Lipinski definition) is 4. The molecule has 0 fully saturated rings. The molecule has 19 heavy (non-hydrogen) atoms. The second-order valence-electron chi connectivity index (χ2n) is 4.27. The Bertz CT molecular complexity index is 543. The number of nitrogens with zero attached hydrogens (tertiary/aromatic N) is 2. The van der Waals surface area contributed by atoms with Crippen LogP contribution in [0.1, 0.15) is 12.0 Å². The Morgan fingerprint density at radius 2 is 2.05 bits per heavy atom. The highest BCUT2D eigenvalue weighted by Gasteiger charge is 2.05. The molecule has 5 heteroatoms. The van der Waals surface area contributed by atoms with Gasteiger partial charge in [-0.25, -0.2) is 0 Å². The van der Waals surface area contributed by atoms with Crippen molar-refractivity contribution in [2.24, 2.45) is 0 Å². The van der Waals surface area contributed by atoms with Gasteiger partial charge in [0.1, 0.15) is 5.82 Å². The monoisotopic (exact) mass is 321 g/mol. The molecule has 0 unspecified atom stereocenters.